The molecule has 1 aromatic heterocycles. The Morgan fingerprint density at radius 2 is 2.18 bits per heavy atom. The minimum atomic E-state index is 0.264. The summed E-state index contributed by atoms with van der Waals surface area (Å²) in [4.78, 5) is 0. The van der Waals surface area contributed by atoms with Gasteiger partial charge in [-0.1, -0.05) is 13.8 Å². The van der Waals surface area contributed by atoms with Crippen LogP contribution < -0.4 is 11.6 Å². The highest BCUT2D eigenvalue weighted by atomic mass is 15.4. The van der Waals surface area contributed by atoms with E-state index < -0.39 is 0 Å². The normalized spacial score (nSPS) is 13.3. The van der Waals surface area contributed by atoms with E-state index in [1.165, 1.54) is 4.68 Å². The molecule has 0 saturated carbocycles. The molecular formula is C6H13N5. The molecule has 0 saturated heterocycles. The quantitative estimate of drug-likeness (QED) is 0.593. The smallest absolute Gasteiger partial charge is 0.240 e. The second kappa shape index (κ2) is 2.77. The molecule has 1 atom stereocenters. The van der Waals surface area contributed by atoms with Gasteiger partial charge in [-0.3, -0.25) is 0 Å². The molecule has 0 bridgehead atoms. The van der Waals surface area contributed by atoms with Crippen LogP contribution in [0.1, 0.15) is 32.0 Å². The van der Waals surface area contributed by atoms with Crippen molar-refractivity contribution in [3.63, 3.8) is 0 Å². The van der Waals surface area contributed by atoms with Gasteiger partial charge in [0.1, 0.15) is 0 Å². The lowest BCUT2D eigenvalue weighted by Gasteiger charge is -2.05. The predicted octanol–water partition coefficient (Wildman–Crippen LogP) is 0.0876. The molecule has 11 heavy (non-hydrogen) atoms. The van der Waals surface area contributed by atoms with E-state index >= 15 is 0 Å². The van der Waals surface area contributed by atoms with Gasteiger partial charge in [-0.2, -0.15) is 0 Å². The Balaban J connectivity index is 2.94. The van der Waals surface area contributed by atoms with Crippen LogP contribution in [0.2, 0.25) is 0 Å². The summed E-state index contributed by atoms with van der Waals surface area (Å²) in [7, 11) is 0. The summed E-state index contributed by atoms with van der Waals surface area (Å²) in [5, 5.41) is 7.50. The summed E-state index contributed by atoms with van der Waals surface area (Å²) in [5.74, 6) is 6.86. The van der Waals surface area contributed by atoms with Gasteiger partial charge in [0.15, 0.2) is 5.82 Å². The van der Waals surface area contributed by atoms with Crippen molar-refractivity contribution < 1.29 is 0 Å². The van der Waals surface area contributed by atoms with Crippen molar-refractivity contribution in [2.24, 2.45) is 0 Å². The van der Waals surface area contributed by atoms with Gasteiger partial charge in [-0.15, -0.1) is 10.2 Å². The first-order chi connectivity index (χ1) is 5.16. The third-order valence-corrected chi connectivity index (χ3v) is 1.80. The lowest BCUT2D eigenvalue weighted by molar-refractivity contribution is 0.654. The van der Waals surface area contributed by atoms with Crippen molar-refractivity contribution in [1.82, 2.24) is 14.9 Å². The fraction of sp³-hybridized carbons (Fsp3) is 0.667. The molecule has 62 valence electrons. The van der Waals surface area contributed by atoms with Crippen LogP contribution >= 0.6 is 0 Å². The van der Waals surface area contributed by atoms with Crippen molar-refractivity contribution >= 4 is 5.95 Å². The zero-order valence-electron chi connectivity index (χ0n) is 6.78. The molecule has 4 N–H and O–H groups in total. The van der Waals surface area contributed by atoms with Gasteiger partial charge in [0.25, 0.3) is 0 Å². The maximum Gasteiger partial charge on any atom is 0.240 e. The number of hydrogen-bond donors (Lipinski definition) is 2. The van der Waals surface area contributed by atoms with Crippen LogP contribution in [0.4, 0.5) is 5.95 Å². The Labute approximate surface area is 65.4 Å². The fourth-order valence-electron chi connectivity index (χ4n) is 0.835. The van der Waals surface area contributed by atoms with E-state index in [0.717, 1.165) is 12.2 Å². The molecule has 1 rings (SSSR count). The van der Waals surface area contributed by atoms with Crippen LogP contribution in [-0.4, -0.2) is 14.9 Å². The van der Waals surface area contributed by atoms with Crippen LogP contribution in [0.15, 0.2) is 0 Å². The Bertz CT molecular complexity index is 241. The Hall–Kier alpha value is -1.26. The molecule has 0 amide bonds. The van der Waals surface area contributed by atoms with Crippen molar-refractivity contribution in [2.45, 2.75) is 26.2 Å². The van der Waals surface area contributed by atoms with Gasteiger partial charge in [0.2, 0.25) is 5.95 Å². The first kappa shape index (κ1) is 7.84. The summed E-state index contributed by atoms with van der Waals surface area (Å²) in [6.45, 7) is 4.10. The van der Waals surface area contributed by atoms with E-state index in [9.17, 15) is 0 Å². The third-order valence-electron chi connectivity index (χ3n) is 1.80. The summed E-state index contributed by atoms with van der Waals surface area (Å²) in [6, 6.07) is 0. The maximum atomic E-state index is 5.55. The molecule has 1 aromatic rings. The third kappa shape index (κ3) is 1.26. The first-order valence-electron chi connectivity index (χ1n) is 3.62. The molecule has 5 nitrogen and oxygen atoms in total. The molecule has 1 unspecified atom stereocenters. The first-order valence-corrected chi connectivity index (χ1v) is 3.62. The fourth-order valence-corrected chi connectivity index (χ4v) is 0.835. The molecule has 0 aliphatic carbocycles. The molecule has 0 aliphatic heterocycles. The van der Waals surface area contributed by atoms with Crippen molar-refractivity contribution in [2.75, 3.05) is 11.6 Å². The monoisotopic (exact) mass is 155 g/mol. The van der Waals surface area contributed by atoms with Crippen LogP contribution in [-0.2, 0) is 0 Å². The van der Waals surface area contributed by atoms with Gasteiger partial charge in [-0.25, -0.2) is 4.68 Å². The summed E-state index contributed by atoms with van der Waals surface area (Å²) in [5.41, 5.74) is 5.40. The minimum absolute atomic E-state index is 0.264. The second-order valence-electron chi connectivity index (χ2n) is 2.60. The Kier molecular flexibility index (Phi) is 1.98. The van der Waals surface area contributed by atoms with Crippen molar-refractivity contribution in [1.29, 1.82) is 0 Å². The molecular weight excluding hydrogens is 142 g/mol. The topological polar surface area (TPSA) is 82.8 Å². The molecule has 0 spiro atoms. The second-order valence-corrected chi connectivity index (χ2v) is 2.60. The lowest BCUT2D eigenvalue weighted by Crippen LogP contribution is -2.16. The van der Waals surface area contributed by atoms with E-state index in [2.05, 4.69) is 17.1 Å². The van der Waals surface area contributed by atoms with E-state index in [-0.39, 0.29) is 5.95 Å². The van der Waals surface area contributed by atoms with Crippen LogP contribution in [0.5, 0.6) is 0 Å². The molecule has 5 heteroatoms. The highest BCUT2D eigenvalue weighted by molar-refractivity contribution is 5.18. The van der Waals surface area contributed by atoms with Gasteiger partial charge in [0.05, 0.1) is 0 Å². The summed E-state index contributed by atoms with van der Waals surface area (Å²) >= 11 is 0. The average molecular weight is 155 g/mol. The number of rotatable bonds is 2. The summed E-state index contributed by atoms with van der Waals surface area (Å²) < 4.78 is 1.33. The Morgan fingerprint density at radius 1 is 1.55 bits per heavy atom. The van der Waals surface area contributed by atoms with E-state index in [0.29, 0.717) is 5.92 Å². The van der Waals surface area contributed by atoms with Crippen molar-refractivity contribution in [3.8, 4) is 0 Å². The number of nitrogens with two attached hydrogens (primary N) is 2. The summed E-state index contributed by atoms with van der Waals surface area (Å²) in [6.07, 6.45) is 0.981. The average Bonchev–Trinajstić information content (AvgIpc) is 2.32. The largest absolute Gasteiger partial charge is 0.366 e. The van der Waals surface area contributed by atoms with Gasteiger partial charge >= 0.3 is 0 Å². The van der Waals surface area contributed by atoms with Crippen molar-refractivity contribution in [3.05, 3.63) is 5.82 Å². The minimum Gasteiger partial charge on any atom is -0.366 e. The molecule has 0 fully saturated rings. The van der Waals surface area contributed by atoms with E-state index in [1.807, 2.05) is 6.92 Å². The zero-order valence-corrected chi connectivity index (χ0v) is 6.78. The van der Waals surface area contributed by atoms with Crippen LogP contribution in [0.3, 0.4) is 0 Å². The SMILES string of the molecule is CCC(C)c1nnc(N)n1N. The van der Waals surface area contributed by atoms with Crippen LogP contribution in [0, 0.1) is 0 Å². The molecule has 0 aromatic carbocycles. The predicted molar refractivity (Wildman–Crippen MR) is 43.3 cm³/mol. The molecule has 0 aliphatic rings. The van der Waals surface area contributed by atoms with Crippen LogP contribution in [0.25, 0.3) is 0 Å². The lowest BCUT2D eigenvalue weighted by atomic mass is 10.1. The maximum absolute atomic E-state index is 5.55. The van der Waals surface area contributed by atoms with Gasteiger partial charge in [-0.05, 0) is 6.42 Å². The van der Waals surface area contributed by atoms with E-state index in [1.54, 1.807) is 0 Å². The number of anilines is 1. The number of aromatic nitrogens is 3. The number of hydrogen-bond acceptors (Lipinski definition) is 4. The van der Waals surface area contributed by atoms with Gasteiger partial charge < -0.3 is 11.6 Å². The number of nitrogens with zero attached hydrogens (tertiary/aromatic N) is 3. The highest BCUT2D eigenvalue weighted by Crippen LogP contribution is 2.15. The standard InChI is InChI=1S/C6H13N5/c1-3-4(2)5-9-10-6(7)11(5)8/h4H,3,8H2,1-2H3,(H2,7,10). The van der Waals surface area contributed by atoms with Gasteiger partial charge in [0, 0.05) is 5.92 Å². The number of nitrogen functional groups attached to an aromatic ring is 2. The molecule has 1 heterocycles. The zero-order chi connectivity index (χ0) is 8.43. The molecule has 0 radical (unpaired) electrons. The van der Waals surface area contributed by atoms with E-state index in [4.69, 9.17) is 11.6 Å². The highest BCUT2D eigenvalue weighted by Gasteiger charge is 2.11. The Morgan fingerprint density at radius 3 is 2.55 bits per heavy atom.